The van der Waals surface area contributed by atoms with Crippen molar-refractivity contribution in [2.75, 3.05) is 0 Å². The van der Waals surface area contributed by atoms with Crippen molar-refractivity contribution in [3.05, 3.63) is 126 Å². The van der Waals surface area contributed by atoms with E-state index in [1.165, 1.54) is 16.3 Å². The molecule has 2 N–H and O–H groups in total. The molecule has 152 valence electrons. The van der Waals surface area contributed by atoms with E-state index in [-0.39, 0.29) is 12.1 Å². The van der Waals surface area contributed by atoms with Crippen LogP contribution >= 0.6 is 0 Å². The van der Waals surface area contributed by atoms with Gasteiger partial charge in [0.1, 0.15) is 5.75 Å². The molecule has 0 bridgehead atoms. The molecule has 0 saturated heterocycles. The van der Waals surface area contributed by atoms with Crippen LogP contribution in [0.2, 0.25) is 0 Å². The highest BCUT2D eigenvalue weighted by molar-refractivity contribution is 5.91. The minimum Gasteiger partial charge on any atom is -0.508 e. The van der Waals surface area contributed by atoms with Gasteiger partial charge in [-0.2, -0.15) is 0 Å². The molecule has 5 aromatic carbocycles. The minimum atomic E-state index is -0.174. The van der Waals surface area contributed by atoms with E-state index in [0.717, 1.165) is 21.9 Å². The number of phenolic OH excluding ortho intramolecular Hbond substituents is 1. The van der Waals surface area contributed by atoms with Crippen LogP contribution in [0.5, 0.6) is 5.75 Å². The van der Waals surface area contributed by atoms with Crippen LogP contribution in [-0.2, 0) is 0 Å². The van der Waals surface area contributed by atoms with Gasteiger partial charge in [0.15, 0.2) is 0 Å². The molecular formula is C29H25NO. The summed E-state index contributed by atoms with van der Waals surface area (Å²) in [5.74, 6) is 0.310. The largest absolute Gasteiger partial charge is 0.508 e. The molecule has 2 heteroatoms. The Morgan fingerprint density at radius 3 is 2.00 bits per heavy atom. The van der Waals surface area contributed by atoms with Gasteiger partial charge in [-0.1, -0.05) is 103 Å². The van der Waals surface area contributed by atoms with Crippen molar-refractivity contribution in [2.45, 2.75) is 19.0 Å². The minimum absolute atomic E-state index is 0.100. The molecule has 0 saturated carbocycles. The Kier molecular flexibility index (Phi) is 5.15. The number of nitrogens with one attached hydrogen (secondary N) is 1. The van der Waals surface area contributed by atoms with Crippen LogP contribution in [0.4, 0.5) is 0 Å². The highest BCUT2D eigenvalue weighted by Gasteiger charge is 2.24. The molecule has 2 nitrogen and oxygen atoms in total. The maximum absolute atomic E-state index is 11.1. The molecule has 0 aliphatic heterocycles. The van der Waals surface area contributed by atoms with E-state index < -0.39 is 0 Å². The second-order valence-corrected chi connectivity index (χ2v) is 8.02. The lowest BCUT2D eigenvalue weighted by atomic mass is 9.89. The zero-order valence-corrected chi connectivity index (χ0v) is 17.5. The fourth-order valence-electron chi connectivity index (χ4n) is 4.51. The molecule has 31 heavy (non-hydrogen) atoms. The molecular weight excluding hydrogens is 378 g/mol. The SMILES string of the molecule is CC(NC(c1cccc2ccccc12)c1c(O)ccc2ccccc12)c1ccccc1. The van der Waals surface area contributed by atoms with E-state index in [1.807, 2.05) is 30.3 Å². The van der Waals surface area contributed by atoms with Crippen molar-refractivity contribution >= 4 is 21.5 Å². The van der Waals surface area contributed by atoms with E-state index in [2.05, 4.69) is 91.1 Å². The van der Waals surface area contributed by atoms with Gasteiger partial charge in [-0.3, -0.25) is 5.32 Å². The smallest absolute Gasteiger partial charge is 0.121 e. The quantitative estimate of drug-likeness (QED) is 0.327. The van der Waals surface area contributed by atoms with Crippen molar-refractivity contribution in [1.82, 2.24) is 5.32 Å². The van der Waals surface area contributed by atoms with Crippen molar-refractivity contribution in [2.24, 2.45) is 0 Å². The first-order valence-electron chi connectivity index (χ1n) is 10.7. The Morgan fingerprint density at radius 2 is 1.23 bits per heavy atom. The number of rotatable bonds is 5. The molecule has 5 rings (SSSR count). The lowest BCUT2D eigenvalue weighted by Crippen LogP contribution is -2.26. The predicted octanol–water partition coefficient (Wildman–Crippen LogP) is 7.14. The number of fused-ring (bicyclic) bond motifs is 2. The molecule has 0 heterocycles. The molecule has 0 amide bonds. The summed E-state index contributed by atoms with van der Waals surface area (Å²) in [5.41, 5.74) is 3.29. The third-order valence-corrected chi connectivity index (χ3v) is 6.09. The van der Waals surface area contributed by atoms with Crippen LogP contribution < -0.4 is 5.32 Å². The molecule has 0 aromatic heterocycles. The van der Waals surface area contributed by atoms with Crippen molar-refractivity contribution in [3.8, 4) is 5.75 Å². The van der Waals surface area contributed by atoms with Gasteiger partial charge in [-0.05, 0) is 45.7 Å². The first kappa shape index (κ1) is 19.3. The molecule has 2 atom stereocenters. The Balaban J connectivity index is 1.73. The van der Waals surface area contributed by atoms with Crippen LogP contribution in [0.3, 0.4) is 0 Å². The van der Waals surface area contributed by atoms with E-state index in [4.69, 9.17) is 0 Å². The lowest BCUT2D eigenvalue weighted by Gasteiger charge is -2.27. The van der Waals surface area contributed by atoms with E-state index in [0.29, 0.717) is 5.75 Å². The molecule has 0 fully saturated rings. The maximum atomic E-state index is 11.1. The number of hydrogen-bond donors (Lipinski definition) is 2. The molecule has 0 spiro atoms. The van der Waals surface area contributed by atoms with E-state index >= 15 is 0 Å². The van der Waals surface area contributed by atoms with Gasteiger partial charge in [0, 0.05) is 11.6 Å². The standard InChI is InChI=1S/C29H25NO/c1-20(21-10-3-2-4-11-21)30-29(26-17-9-14-22-12-5-7-15-24(22)26)28-25-16-8-6-13-23(25)18-19-27(28)31/h2-20,29-31H,1H3. The molecule has 0 aliphatic rings. The van der Waals surface area contributed by atoms with Gasteiger partial charge in [0.05, 0.1) is 6.04 Å². The van der Waals surface area contributed by atoms with E-state index in [9.17, 15) is 5.11 Å². The summed E-state index contributed by atoms with van der Waals surface area (Å²) in [7, 11) is 0. The Hall–Kier alpha value is -3.62. The average Bonchev–Trinajstić information content (AvgIpc) is 2.83. The zero-order valence-electron chi connectivity index (χ0n) is 17.5. The summed E-state index contributed by atoms with van der Waals surface area (Å²) in [6.45, 7) is 2.18. The Bertz CT molecular complexity index is 1340. The summed E-state index contributed by atoms with van der Waals surface area (Å²) in [6.07, 6.45) is 0. The summed E-state index contributed by atoms with van der Waals surface area (Å²) in [6, 6.07) is 37.3. The van der Waals surface area contributed by atoms with Crippen LogP contribution in [-0.4, -0.2) is 5.11 Å². The predicted molar refractivity (Wildman–Crippen MR) is 129 cm³/mol. The van der Waals surface area contributed by atoms with Crippen LogP contribution in [0.15, 0.2) is 109 Å². The van der Waals surface area contributed by atoms with E-state index in [1.54, 1.807) is 0 Å². The van der Waals surface area contributed by atoms with Gasteiger partial charge in [0.2, 0.25) is 0 Å². The van der Waals surface area contributed by atoms with Gasteiger partial charge < -0.3 is 5.11 Å². The van der Waals surface area contributed by atoms with Crippen molar-refractivity contribution in [3.63, 3.8) is 0 Å². The van der Waals surface area contributed by atoms with Crippen molar-refractivity contribution < 1.29 is 5.11 Å². The first-order chi connectivity index (χ1) is 15.2. The fraction of sp³-hybridized carbons (Fsp3) is 0.103. The van der Waals surface area contributed by atoms with Crippen LogP contribution in [0.1, 0.15) is 35.7 Å². The normalized spacial score (nSPS) is 13.3. The third-order valence-electron chi connectivity index (χ3n) is 6.09. The Labute approximate surface area is 182 Å². The fourth-order valence-corrected chi connectivity index (χ4v) is 4.51. The summed E-state index contributed by atoms with van der Waals surface area (Å²) in [4.78, 5) is 0. The van der Waals surface area contributed by atoms with Gasteiger partial charge in [-0.25, -0.2) is 0 Å². The number of benzene rings is 5. The molecule has 5 aromatic rings. The maximum Gasteiger partial charge on any atom is 0.121 e. The number of hydrogen-bond acceptors (Lipinski definition) is 2. The van der Waals surface area contributed by atoms with Gasteiger partial charge >= 0.3 is 0 Å². The van der Waals surface area contributed by atoms with Gasteiger partial charge in [0.25, 0.3) is 0 Å². The van der Waals surface area contributed by atoms with Crippen LogP contribution in [0.25, 0.3) is 21.5 Å². The Morgan fingerprint density at radius 1 is 0.613 bits per heavy atom. The first-order valence-corrected chi connectivity index (χ1v) is 10.7. The highest BCUT2D eigenvalue weighted by Crippen LogP contribution is 2.39. The second kappa shape index (κ2) is 8.25. The zero-order chi connectivity index (χ0) is 21.2. The second-order valence-electron chi connectivity index (χ2n) is 8.02. The lowest BCUT2D eigenvalue weighted by molar-refractivity contribution is 0.449. The summed E-state index contributed by atoms with van der Waals surface area (Å²) >= 11 is 0. The average molecular weight is 404 g/mol. The monoisotopic (exact) mass is 403 g/mol. The molecule has 0 aliphatic carbocycles. The highest BCUT2D eigenvalue weighted by atomic mass is 16.3. The summed E-state index contributed by atoms with van der Waals surface area (Å²) < 4.78 is 0. The topological polar surface area (TPSA) is 32.3 Å². The van der Waals surface area contributed by atoms with Crippen LogP contribution in [0, 0.1) is 0 Å². The number of phenols is 1. The third kappa shape index (κ3) is 3.67. The van der Waals surface area contributed by atoms with Crippen molar-refractivity contribution in [1.29, 1.82) is 0 Å². The number of aromatic hydroxyl groups is 1. The van der Waals surface area contributed by atoms with Gasteiger partial charge in [-0.15, -0.1) is 0 Å². The molecule has 2 unspecified atom stereocenters. The molecule has 0 radical (unpaired) electrons. The summed E-state index contributed by atoms with van der Waals surface area (Å²) in [5, 5.41) is 19.5.